The molecule has 0 fully saturated rings. The summed E-state index contributed by atoms with van der Waals surface area (Å²) in [5.41, 5.74) is 3.36. The second kappa shape index (κ2) is 5.67. The Balaban J connectivity index is 1.95. The van der Waals surface area contributed by atoms with E-state index in [4.69, 9.17) is 0 Å². The number of carbonyl (C=O) groups is 1. The molecule has 0 aliphatic heterocycles. The summed E-state index contributed by atoms with van der Waals surface area (Å²) >= 11 is 0. The summed E-state index contributed by atoms with van der Waals surface area (Å²) in [5.74, 6) is 0.210. The molecule has 0 bridgehead atoms. The third-order valence-electron chi connectivity index (χ3n) is 3.30. The number of hydrogen-bond acceptors (Lipinski definition) is 1. The van der Waals surface area contributed by atoms with E-state index in [-0.39, 0.29) is 5.78 Å². The smallest absolute Gasteiger partial charge is 0.179 e. The number of nitrogens with zero attached hydrogens (tertiary/aromatic N) is 1. The fourth-order valence-corrected chi connectivity index (χ4v) is 2.08. The third-order valence-corrected chi connectivity index (χ3v) is 3.30. The van der Waals surface area contributed by atoms with Crippen LogP contribution in [0.25, 0.3) is 0 Å². The molecule has 2 rings (SSSR count). The van der Waals surface area contributed by atoms with Crippen molar-refractivity contribution in [2.75, 3.05) is 0 Å². The fourth-order valence-electron chi connectivity index (χ4n) is 2.08. The molecule has 2 heteroatoms. The maximum absolute atomic E-state index is 12.0. The fraction of sp³-hybridized carbons (Fsp3) is 0.312. The first kappa shape index (κ1) is 12.6. The molecule has 0 N–H and O–H groups in total. The van der Waals surface area contributed by atoms with E-state index in [2.05, 4.69) is 31.2 Å². The van der Waals surface area contributed by atoms with E-state index in [0.29, 0.717) is 6.42 Å². The van der Waals surface area contributed by atoms with Gasteiger partial charge in [0, 0.05) is 19.7 Å². The Labute approximate surface area is 108 Å². The molecule has 0 saturated heterocycles. The van der Waals surface area contributed by atoms with Crippen LogP contribution >= 0.6 is 0 Å². The van der Waals surface area contributed by atoms with Gasteiger partial charge in [-0.15, -0.1) is 0 Å². The molecular weight excluding hydrogens is 222 g/mol. The lowest BCUT2D eigenvalue weighted by Gasteiger charge is -2.04. The van der Waals surface area contributed by atoms with Crippen LogP contribution in [0.3, 0.4) is 0 Å². The Hall–Kier alpha value is -1.83. The van der Waals surface area contributed by atoms with Crippen LogP contribution in [0.5, 0.6) is 0 Å². The number of rotatable bonds is 5. The predicted molar refractivity (Wildman–Crippen MR) is 73.9 cm³/mol. The van der Waals surface area contributed by atoms with Crippen molar-refractivity contribution in [2.24, 2.45) is 7.05 Å². The number of aryl methyl sites for hydroxylation is 3. The van der Waals surface area contributed by atoms with Gasteiger partial charge in [0.25, 0.3) is 0 Å². The van der Waals surface area contributed by atoms with Crippen LogP contribution in [0, 0.1) is 0 Å². The van der Waals surface area contributed by atoms with Gasteiger partial charge in [-0.3, -0.25) is 4.79 Å². The summed E-state index contributed by atoms with van der Waals surface area (Å²) in [6.45, 7) is 2.15. The first-order valence-corrected chi connectivity index (χ1v) is 6.43. The number of aromatic nitrogens is 1. The lowest BCUT2D eigenvalue weighted by Crippen LogP contribution is -2.06. The van der Waals surface area contributed by atoms with Crippen LogP contribution in [0.4, 0.5) is 0 Å². The summed E-state index contributed by atoms with van der Waals surface area (Å²) in [6.07, 6.45) is 4.35. The highest BCUT2D eigenvalue weighted by Gasteiger charge is 2.08. The van der Waals surface area contributed by atoms with Gasteiger partial charge in [0.2, 0.25) is 0 Å². The Morgan fingerprint density at radius 1 is 1.11 bits per heavy atom. The van der Waals surface area contributed by atoms with Gasteiger partial charge in [0.05, 0.1) is 5.69 Å². The van der Waals surface area contributed by atoms with Crippen LogP contribution in [0.15, 0.2) is 42.6 Å². The molecule has 0 saturated carbocycles. The summed E-state index contributed by atoms with van der Waals surface area (Å²) in [5, 5.41) is 0. The van der Waals surface area contributed by atoms with Crippen molar-refractivity contribution in [3.8, 4) is 0 Å². The lowest BCUT2D eigenvalue weighted by atomic mass is 10.0. The molecule has 18 heavy (non-hydrogen) atoms. The normalized spacial score (nSPS) is 10.6. The van der Waals surface area contributed by atoms with E-state index >= 15 is 0 Å². The quantitative estimate of drug-likeness (QED) is 0.735. The Kier molecular flexibility index (Phi) is 3.98. The van der Waals surface area contributed by atoms with Crippen molar-refractivity contribution in [3.63, 3.8) is 0 Å². The molecule has 0 spiro atoms. The van der Waals surface area contributed by atoms with Crippen LogP contribution in [-0.2, 0) is 19.9 Å². The van der Waals surface area contributed by atoms with E-state index in [1.165, 1.54) is 11.1 Å². The maximum Gasteiger partial charge on any atom is 0.179 e. The lowest BCUT2D eigenvalue weighted by molar-refractivity contribution is 0.0975. The molecule has 1 aromatic heterocycles. The van der Waals surface area contributed by atoms with Crippen molar-refractivity contribution < 1.29 is 4.79 Å². The molecule has 0 atom stereocenters. The Morgan fingerprint density at radius 3 is 2.33 bits per heavy atom. The molecule has 0 aliphatic rings. The SMILES string of the molecule is CCc1ccc(CCC(=O)c2cccn2C)cc1. The number of ketones is 1. The number of carbonyl (C=O) groups excluding carboxylic acids is 1. The van der Waals surface area contributed by atoms with Crippen LogP contribution in [0.2, 0.25) is 0 Å². The minimum Gasteiger partial charge on any atom is -0.348 e. The second-order valence-corrected chi connectivity index (χ2v) is 4.60. The number of hydrogen-bond donors (Lipinski definition) is 0. The van der Waals surface area contributed by atoms with Crippen molar-refractivity contribution in [3.05, 3.63) is 59.4 Å². The molecular formula is C16H19NO. The van der Waals surface area contributed by atoms with Crippen LogP contribution in [0.1, 0.15) is 35.0 Å². The van der Waals surface area contributed by atoms with Crippen LogP contribution < -0.4 is 0 Å². The van der Waals surface area contributed by atoms with Gasteiger partial charge in [0.15, 0.2) is 5.78 Å². The molecule has 1 heterocycles. The Morgan fingerprint density at radius 2 is 1.78 bits per heavy atom. The average Bonchev–Trinajstić information content (AvgIpc) is 2.83. The molecule has 0 radical (unpaired) electrons. The largest absolute Gasteiger partial charge is 0.348 e. The minimum atomic E-state index is 0.210. The molecule has 1 aromatic carbocycles. The van der Waals surface area contributed by atoms with E-state index in [0.717, 1.165) is 18.5 Å². The molecule has 0 amide bonds. The Bertz CT molecular complexity index is 522. The second-order valence-electron chi connectivity index (χ2n) is 4.60. The summed E-state index contributed by atoms with van der Waals surface area (Å²) in [4.78, 5) is 12.0. The number of Topliss-reactive ketones (excluding diaryl/α,β-unsaturated/α-hetero) is 1. The van der Waals surface area contributed by atoms with Gasteiger partial charge in [-0.1, -0.05) is 31.2 Å². The van der Waals surface area contributed by atoms with E-state index in [1.54, 1.807) is 0 Å². The van der Waals surface area contributed by atoms with Gasteiger partial charge >= 0.3 is 0 Å². The molecule has 0 aliphatic carbocycles. The molecule has 2 aromatic rings. The van der Waals surface area contributed by atoms with Crippen molar-refractivity contribution >= 4 is 5.78 Å². The first-order valence-electron chi connectivity index (χ1n) is 6.43. The summed E-state index contributed by atoms with van der Waals surface area (Å²) in [7, 11) is 1.91. The van der Waals surface area contributed by atoms with Crippen molar-refractivity contribution in [1.29, 1.82) is 0 Å². The first-order chi connectivity index (χ1) is 8.70. The van der Waals surface area contributed by atoms with E-state index in [9.17, 15) is 4.79 Å². The van der Waals surface area contributed by atoms with Crippen molar-refractivity contribution in [2.45, 2.75) is 26.2 Å². The third kappa shape index (κ3) is 2.89. The molecule has 94 valence electrons. The van der Waals surface area contributed by atoms with Gasteiger partial charge in [0.1, 0.15) is 0 Å². The minimum absolute atomic E-state index is 0.210. The predicted octanol–water partition coefficient (Wildman–Crippen LogP) is 3.40. The summed E-state index contributed by atoms with van der Waals surface area (Å²) in [6, 6.07) is 12.3. The molecule has 2 nitrogen and oxygen atoms in total. The van der Waals surface area contributed by atoms with Gasteiger partial charge < -0.3 is 4.57 Å². The van der Waals surface area contributed by atoms with Crippen molar-refractivity contribution in [1.82, 2.24) is 4.57 Å². The molecule has 0 unspecified atom stereocenters. The van der Waals surface area contributed by atoms with E-state index in [1.807, 2.05) is 29.9 Å². The monoisotopic (exact) mass is 241 g/mol. The topological polar surface area (TPSA) is 22.0 Å². The highest BCUT2D eigenvalue weighted by atomic mass is 16.1. The highest BCUT2D eigenvalue weighted by Crippen LogP contribution is 2.10. The number of benzene rings is 1. The zero-order valence-corrected chi connectivity index (χ0v) is 11.0. The van der Waals surface area contributed by atoms with Crippen LogP contribution in [-0.4, -0.2) is 10.4 Å². The summed E-state index contributed by atoms with van der Waals surface area (Å²) < 4.78 is 1.88. The average molecular weight is 241 g/mol. The van der Waals surface area contributed by atoms with Gasteiger partial charge in [-0.05, 0) is 36.1 Å². The highest BCUT2D eigenvalue weighted by molar-refractivity contribution is 5.94. The standard InChI is InChI=1S/C16H19NO/c1-3-13-6-8-14(9-7-13)10-11-16(18)15-5-4-12-17(15)2/h4-9,12H,3,10-11H2,1-2H3. The zero-order chi connectivity index (χ0) is 13.0. The van der Waals surface area contributed by atoms with Gasteiger partial charge in [-0.25, -0.2) is 0 Å². The van der Waals surface area contributed by atoms with Gasteiger partial charge in [-0.2, -0.15) is 0 Å². The maximum atomic E-state index is 12.0. The van der Waals surface area contributed by atoms with E-state index < -0.39 is 0 Å². The zero-order valence-electron chi connectivity index (χ0n) is 11.0.